The number of imidazole rings is 1. The number of benzene rings is 1. The molecule has 0 unspecified atom stereocenters. The highest BCUT2D eigenvalue weighted by molar-refractivity contribution is 6.03. The van der Waals surface area contributed by atoms with Crippen LogP contribution in [-0.2, 0) is 13.5 Å². The second-order valence-electron chi connectivity index (χ2n) is 4.43. The summed E-state index contributed by atoms with van der Waals surface area (Å²) >= 11 is 0. The molecule has 1 heterocycles. The normalized spacial score (nSPS) is 10.5. The van der Waals surface area contributed by atoms with E-state index < -0.39 is 0 Å². The van der Waals surface area contributed by atoms with Crippen LogP contribution < -0.4 is 5.32 Å². The number of nitrogens with zero attached hydrogens (tertiary/aromatic N) is 2. The Morgan fingerprint density at radius 3 is 2.79 bits per heavy atom. The maximum absolute atomic E-state index is 12.1. The van der Waals surface area contributed by atoms with E-state index in [-0.39, 0.29) is 11.7 Å². The van der Waals surface area contributed by atoms with Crippen molar-refractivity contribution in [2.75, 3.05) is 5.32 Å². The highest BCUT2D eigenvalue weighted by Crippen LogP contribution is 2.19. The van der Waals surface area contributed by atoms with Crippen LogP contribution in [0.4, 0.5) is 5.95 Å². The predicted octanol–water partition coefficient (Wildman–Crippen LogP) is 2.25. The zero-order valence-corrected chi connectivity index (χ0v) is 11.3. The monoisotopic (exact) mass is 259 g/mol. The third kappa shape index (κ3) is 2.59. The molecule has 0 saturated carbocycles. The minimum Gasteiger partial charge on any atom is -0.508 e. The SMILES string of the molecule is CCc1cc(C(=O)Nc2ncc(C)n2C)ccc1O. The van der Waals surface area contributed by atoms with E-state index in [9.17, 15) is 9.90 Å². The van der Waals surface area contributed by atoms with Gasteiger partial charge in [-0.15, -0.1) is 0 Å². The van der Waals surface area contributed by atoms with Crippen molar-refractivity contribution in [1.29, 1.82) is 0 Å². The molecule has 5 heteroatoms. The van der Waals surface area contributed by atoms with Gasteiger partial charge in [0.25, 0.3) is 5.91 Å². The molecule has 100 valence electrons. The number of aryl methyl sites for hydroxylation is 2. The molecule has 2 aromatic rings. The first kappa shape index (κ1) is 13.1. The molecule has 0 aliphatic carbocycles. The van der Waals surface area contributed by atoms with Crippen molar-refractivity contribution < 1.29 is 9.90 Å². The van der Waals surface area contributed by atoms with Crippen molar-refractivity contribution in [3.05, 3.63) is 41.2 Å². The van der Waals surface area contributed by atoms with Gasteiger partial charge in [0.1, 0.15) is 5.75 Å². The first-order valence-electron chi connectivity index (χ1n) is 6.14. The standard InChI is InChI=1S/C14H17N3O2/c1-4-10-7-11(5-6-12(10)18)13(19)16-14-15-8-9(2)17(14)3/h5-8,18H,4H2,1-3H3,(H,15,16,19). The average molecular weight is 259 g/mol. The van der Waals surface area contributed by atoms with Gasteiger partial charge in [-0.25, -0.2) is 4.98 Å². The number of hydrogen-bond acceptors (Lipinski definition) is 3. The Balaban J connectivity index is 2.23. The van der Waals surface area contributed by atoms with Crippen molar-refractivity contribution in [3.63, 3.8) is 0 Å². The Kier molecular flexibility index (Phi) is 3.55. The van der Waals surface area contributed by atoms with Crippen LogP contribution in [0, 0.1) is 6.92 Å². The summed E-state index contributed by atoms with van der Waals surface area (Å²) in [6, 6.07) is 4.83. The quantitative estimate of drug-likeness (QED) is 0.888. The number of hydrogen-bond donors (Lipinski definition) is 2. The molecule has 0 radical (unpaired) electrons. The molecular formula is C14H17N3O2. The Labute approximate surface area is 111 Å². The lowest BCUT2D eigenvalue weighted by Crippen LogP contribution is -2.15. The van der Waals surface area contributed by atoms with Crippen molar-refractivity contribution in [2.24, 2.45) is 7.05 Å². The summed E-state index contributed by atoms with van der Waals surface area (Å²) in [5.74, 6) is 0.490. The summed E-state index contributed by atoms with van der Waals surface area (Å²) < 4.78 is 1.80. The molecule has 0 spiro atoms. The van der Waals surface area contributed by atoms with Gasteiger partial charge in [-0.05, 0) is 37.1 Å². The minimum atomic E-state index is -0.233. The number of amides is 1. The summed E-state index contributed by atoms with van der Waals surface area (Å²) in [7, 11) is 1.84. The van der Waals surface area contributed by atoms with Gasteiger partial charge in [0.15, 0.2) is 0 Å². The zero-order valence-electron chi connectivity index (χ0n) is 11.3. The van der Waals surface area contributed by atoms with Gasteiger partial charge in [0.05, 0.1) is 6.20 Å². The van der Waals surface area contributed by atoms with Gasteiger partial charge in [-0.1, -0.05) is 6.92 Å². The van der Waals surface area contributed by atoms with Gasteiger partial charge in [0, 0.05) is 18.3 Å². The van der Waals surface area contributed by atoms with E-state index in [2.05, 4.69) is 10.3 Å². The predicted molar refractivity (Wildman–Crippen MR) is 73.4 cm³/mol. The number of aromatic nitrogens is 2. The van der Waals surface area contributed by atoms with E-state index >= 15 is 0 Å². The number of carbonyl (C=O) groups excluding carboxylic acids is 1. The molecule has 1 amide bonds. The molecular weight excluding hydrogens is 242 g/mol. The third-order valence-corrected chi connectivity index (χ3v) is 3.17. The molecule has 0 bridgehead atoms. The van der Waals surface area contributed by atoms with Crippen LogP contribution in [0.3, 0.4) is 0 Å². The second-order valence-corrected chi connectivity index (χ2v) is 4.43. The number of carbonyl (C=O) groups is 1. The molecule has 0 atom stereocenters. The van der Waals surface area contributed by atoms with Gasteiger partial charge in [0.2, 0.25) is 5.95 Å². The van der Waals surface area contributed by atoms with Gasteiger partial charge >= 0.3 is 0 Å². The lowest BCUT2D eigenvalue weighted by Gasteiger charge is -2.08. The number of rotatable bonds is 3. The van der Waals surface area contributed by atoms with Crippen molar-refractivity contribution in [3.8, 4) is 5.75 Å². The van der Waals surface area contributed by atoms with E-state index in [0.717, 1.165) is 11.3 Å². The maximum Gasteiger partial charge on any atom is 0.257 e. The molecule has 2 rings (SSSR count). The molecule has 5 nitrogen and oxygen atoms in total. The molecule has 1 aromatic carbocycles. The van der Waals surface area contributed by atoms with Crippen molar-refractivity contribution in [1.82, 2.24) is 9.55 Å². The van der Waals surface area contributed by atoms with Gasteiger partial charge < -0.3 is 9.67 Å². The summed E-state index contributed by atoms with van der Waals surface area (Å²) in [5.41, 5.74) is 2.23. The Morgan fingerprint density at radius 2 is 2.21 bits per heavy atom. The Bertz CT molecular complexity index is 617. The average Bonchev–Trinajstić information content (AvgIpc) is 2.71. The van der Waals surface area contributed by atoms with E-state index in [0.29, 0.717) is 17.9 Å². The minimum absolute atomic E-state index is 0.215. The number of nitrogens with one attached hydrogen (secondary N) is 1. The fourth-order valence-electron chi connectivity index (χ4n) is 1.79. The van der Waals surface area contributed by atoms with E-state index in [1.54, 1.807) is 22.9 Å². The largest absolute Gasteiger partial charge is 0.508 e. The number of phenols is 1. The van der Waals surface area contributed by atoms with Crippen LogP contribution >= 0.6 is 0 Å². The van der Waals surface area contributed by atoms with Crippen molar-refractivity contribution in [2.45, 2.75) is 20.3 Å². The molecule has 0 aliphatic heterocycles. The second kappa shape index (κ2) is 5.14. The Morgan fingerprint density at radius 1 is 1.47 bits per heavy atom. The smallest absolute Gasteiger partial charge is 0.257 e. The molecule has 0 aliphatic rings. The van der Waals surface area contributed by atoms with Crippen LogP contribution in [0.5, 0.6) is 5.75 Å². The molecule has 0 fully saturated rings. The maximum atomic E-state index is 12.1. The van der Waals surface area contributed by atoms with Crippen LogP contribution in [0.1, 0.15) is 28.5 Å². The Hall–Kier alpha value is -2.30. The highest BCUT2D eigenvalue weighted by Gasteiger charge is 2.11. The third-order valence-electron chi connectivity index (χ3n) is 3.17. The number of anilines is 1. The summed E-state index contributed by atoms with van der Waals surface area (Å²) in [4.78, 5) is 16.2. The summed E-state index contributed by atoms with van der Waals surface area (Å²) in [6.45, 7) is 3.84. The fourth-order valence-corrected chi connectivity index (χ4v) is 1.79. The summed E-state index contributed by atoms with van der Waals surface area (Å²) in [6.07, 6.45) is 2.37. The van der Waals surface area contributed by atoms with Gasteiger partial charge in [-0.3, -0.25) is 10.1 Å². The summed E-state index contributed by atoms with van der Waals surface area (Å²) in [5, 5.41) is 12.4. The van der Waals surface area contributed by atoms with Crippen LogP contribution in [0.2, 0.25) is 0 Å². The molecule has 2 N–H and O–H groups in total. The van der Waals surface area contributed by atoms with Crippen LogP contribution in [0.15, 0.2) is 24.4 Å². The topological polar surface area (TPSA) is 67.2 Å². The molecule has 19 heavy (non-hydrogen) atoms. The van der Waals surface area contributed by atoms with E-state index in [4.69, 9.17) is 0 Å². The highest BCUT2D eigenvalue weighted by atomic mass is 16.3. The lowest BCUT2D eigenvalue weighted by atomic mass is 10.1. The fraction of sp³-hybridized carbons (Fsp3) is 0.286. The molecule has 0 saturated heterocycles. The number of aromatic hydroxyl groups is 1. The first-order valence-corrected chi connectivity index (χ1v) is 6.14. The van der Waals surface area contributed by atoms with E-state index in [1.165, 1.54) is 6.07 Å². The zero-order chi connectivity index (χ0) is 14.0. The van der Waals surface area contributed by atoms with E-state index in [1.807, 2.05) is 20.9 Å². The van der Waals surface area contributed by atoms with Crippen LogP contribution in [-0.4, -0.2) is 20.6 Å². The molecule has 1 aromatic heterocycles. The number of phenolic OH excluding ortho intramolecular Hbond substituents is 1. The van der Waals surface area contributed by atoms with Crippen molar-refractivity contribution >= 4 is 11.9 Å². The first-order chi connectivity index (χ1) is 9.02. The van der Waals surface area contributed by atoms with Crippen LogP contribution in [0.25, 0.3) is 0 Å². The lowest BCUT2D eigenvalue weighted by molar-refractivity contribution is 0.102. The van der Waals surface area contributed by atoms with Gasteiger partial charge in [-0.2, -0.15) is 0 Å².